The molecule has 0 atom stereocenters. The van der Waals surface area contributed by atoms with Crippen LogP contribution >= 0.6 is 15.9 Å². The molecule has 0 aliphatic rings. The van der Waals surface area contributed by atoms with Gasteiger partial charge in [0.25, 0.3) is 0 Å². The van der Waals surface area contributed by atoms with Gasteiger partial charge in [-0.15, -0.1) is 0 Å². The average molecular weight is 291 g/mol. The summed E-state index contributed by atoms with van der Waals surface area (Å²) >= 11 is 3.03. The Morgan fingerprint density at radius 2 is 2.44 bits per heavy atom. The lowest BCUT2D eigenvalue weighted by Crippen LogP contribution is -2.23. The number of hydrogen-bond donors (Lipinski definition) is 1. The van der Waals surface area contributed by atoms with E-state index in [2.05, 4.69) is 26.3 Å². The summed E-state index contributed by atoms with van der Waals surface area (Å²) in [6, 6.07) is 0. The molecule has 0 unspecified atom stereocenters. The molecule has 1 aromatic rings. The van der Waals surface area contributed by atoms with Gasteiger partial charge in [-0.2, -0.15) is 4.68 Å². The Kier molecular flexibility index (Phi) is 4.41. The topological polar surface area (TPSA) is 90.1 Å². The van der Waals surface area contributed by atoms with Gasteiger partial charge in [0.2, 0.25) is 5.91 Å². The molecular weight excluding hydrogens is 280 g/mol. The van der Waals surface area contributed by atoms with E-state index in [1.54, 1.807) is 0 Å². The fraction of sp³-hybridized carbons (Fsp3) is 0.500. The molecule has 7 nitrogen and oxygen atoms in total. The van der Waals surface area contributed by atoms with Crippen molar-refractivity contribution in [3.05, 3.63) is 20.8 Å². The highest BCUT2D eigenvalue weighted by molar-refractivity contribution is 9.10. The molecule has 0 saturated heterocycles. The van der Waals surface area contributed by atoms with Crippen LogP contribution in [0.15, 0.2) is 10.7 Å². The van der Waals surface area contributed by atoms with E-state index in [-0.39, 0.29) is 18.1 Å². The van der Waals surface area contributed by atoms with E-state index in [1.165, 1.54) is 10.9 Å². The summed E-state index contributed by atoms with van der Waals surface area (Å²) in [4.78, 5) is 21.1. The van der Waals surface area contributed by atoms with Crippen molar-refractivity contribution >= 4 is 27.7 Å². The lowest BCUT2D eigenvalue weighted by Gasteiger charge is -1.99. The third kappa shape index (κ3) is 3.30. The summed E-state index contributed by atoms with van der Waals surface area (Å²) < 4.78 is 1.69. The number of rotatable bonds is 5. The highest BCUT2D eigenvalue weighted by Crippen LogP contribution is 2.21. The Morgan fingerprint density at radius 1 is 1.75 bits per heavy atom. The van der Waals surface area contributed by atoms with E-state index in [9.17, 15) is 14.9 Å². The van der Waals surface area contributed by atoms with Crippen molar-refractivity contribution in [2.45, 2.75) is 19.9 Å². The fourth-order valence-electron chi connectivity index (χ4n) is 1.13. The standard InChI is InChI=1S/C8H11BrN4O3/c1-2-10-7(14)3-4-12-5-6(9)8(11-12)13(15)16/h5H,2-4H2,1H3,(H,10,14). The zero-order chi connectivity index (χ0) is 12.1. The van der Waals surface area contributed by atoms with Gasteiger partial charge in [-0.3, -0.25) is 4.79 Å². The average Bonchev–Trinajstić information content (AvgIpc) is 2.57. The first kappa shape index (κ1) is 12.6. The van der Waals surface area contributed by atoms with E-state index >= 15 is 0 Å². The van der Waals surface area contributed by atoms with Crippen LogP contribution in [0.3, 0.4) is 0 Å². The molecule has 1 amide bonds. The molecule has 0 aliphatic heterocycles. The number of nitro groups is 1. The SMILES string of the molecule is CCNC(=O)CCn1cc(Br)c([N+](=O)[O-])n1. The van der Waals surface area contributed by atoms with Crippen molar-refractivity contribution in [2.24, 2.45) is 0 Å². The first-order valence-corrected chi connectivity index (χ1v) is 5.48. The number of halogens is 1. The zero-order valence-electron chi connectivity index (χ0n) is 8.64. The molecule has 0 spiro atoms. The lowest BCUT2D eigenvalue weighted by molar-refractivity contribution is -0.390. The van der Waals surface area contributed by atoms with E-state index in [0.717, 1.165) is 0 Å². The summed E-state index contributed by atoms with van der Waals surface area (Å²) in [5.41, 5.74) is 0. The first-order chi connectivity index (χ1) is 7.54. The Balaban J connectivity index is 2.58. The number of nitrogens with zero attached hydrogens (tertiary/aromatic N) is 3. The summed E-state index contributed by atoms with van der Waals surface area (Å²) in [6.45, 7) is 2.72. The molecule has 1 rings (SSSR count). The van der Waals surface area contributed by atoms with Crippen LogP contribution in [0.2, 0.25) is 0 Å². The molecule has 16 heavy (non-hydrogen) atoms. The van der Waals surface area contributed by atoms with Crippen LogP contribution in [0.1, 0.15) is 13.3 Å². The Bertz CT molecular complexity index is 404. The maximum absolute atomic E-state index is 11.1. The maximum Gasteiger partial charge on any atom is 0.404 e. The van der Waals surface area contributed by atoms with E-state index in [4.69, 9.17) is 0 Å². The molecule has 0 fully saturated rings. The molecule has 1 heterocycles. The highest BCUT2D eigenvalue weighted by atomic mass is 79.9. The van der Waals surface area contributed by atoms with Crippen LogP contribution in [0.5, 0.6) is 0 Å². The zero-order valence-corrected chi connectivity index (χ0v) is 10.2. The predicted octanol–water partition coefficient (Wildman–Crippen LogP) is 1.08. The largest absolute Gasteiger partial charge is 0.404 e. The lowest BCUT2D eigenvalue weighted by atomic mass is 10.4. The number of aryl methyl sites for hydroxylation is 1. The van der Waals surface area contributed by atoms with Crippen LogP contribution in [0.4, 0.5) is 5.82 Å². The van der Waals surface area contributed by atoms with Gasteiger partial charge in [0.15, 0.2) is 0 Å². The monoisotopic (exact) mass is 290 g/mol. The van der Waals surface area contributed by atoms with Crippen LogP contribution in [-0.4, -0.2) is 27.2 Å². The summed E-state index contributed by atoms with van der Waals surface area (Å²) in [6.07, 6.45) is 1.73. The molecule has 0 aliphatic carbocycles. The van der Waals surface area contributed by atoms with Crippen molar-refractivity contribution in [1.82, 2.24) is 15.1 Å². The van der Waals surface area contributed by atoms with Crippen LogP contribution in [-0.2, 0) is 11.3 Å². The maximum atomic E-state index is 11.1. The van der Waals surface area contributed by atoms with E-state index < -0.39 is 4.92 Å². The number of amides is 1. The quantitative estimate of drug-likeness (QED) is 0.649. The fourth-order valence-corrected chi connectivity index (χ4v) is 1.59. The molecule has 0 radical (unpaired) electrons. The van der Waals surface area contributed by atoms with Crippen LogP contribution in [0.25, 0.3) is 0 Å². The number of nitrogens with one attached hydrogen (secondary N) is 1. The third-order valence-electron chi connectivity index (χ3n) is 1.81. The summed E-state index contributed by atoms with van der Waals surface area (Å²) in [5.74, 6) is -0.340. The number of carbonyl (C=O) groups is 1. The molecule has 0 saturated carbocycles. The minimum Gasteiger partial charge on any atom is -0.358 e. The predicted molar refractivity (Wildman–Crippen MR) is 59.9 cm³/mol. The van der Waals surface area contributed by atoms with Gasteiger partial charge in [0.1, 0.15) is 4.47 Å². The van der Waals surface area contributed by atoms with Gasteiger partial charge >= 0.3 is 5.82 Å². The number of carbonyl (C=O) groups excluding carboxylic acids is 1. The van der Waals surface area contributed by atoms with Crippen molar-refractivity contribution in [3.8, 4) is 0 Å². The number of hydrogen-bond acceptors (Lipinski definition) is 4. The van der Waals surface area contributed by atoms with Gasteiger partial charge in [-0.1, -0.05) is 0 Å². The van der Waals surface area contributed by atoms with E-state index in [1.807, 2.05) is 6.92 Å². The second kappa shape index (κ2) is 5.59. The molecule has 0 bridgehead atoms. The Morgan fingerprint density at radius 3 is 2.94 bits per heavy atom. The summed E-state index contributed by atoms with van der Waals surface area (Å²) in [5, 5.41) is 16.9. The molecule has 1 aromatic heterocycles. The Hall–Kier alpha value is -1.44. The second-order valence-electron chi connectivity index (χ2n) is 3.02. The van der Waals surface area contributed by atoms with Gasteiger partial charge in [0.05, 0.1) is 17.8 Å². The van der Waals surface area contributed by atoms with Crippen molar-refractivity contribution < 1.29 is 9.72 Å². The minimum atomic E-state index is -0.577. The smallest absolute Gasteiger partial charge is 0.358 e. The molecular formula is C8H11BrN4O3. The first-order valence-electron chi connectivity index (χ1n) is 4.68. The van der Waals surface area contributed by atoms with E-state index in [0.29, 0.717) is 17.6 Å². The molecule has 1 N–H and O–H groups in total. The molecule has 8 heteroatoms. The van der Waals surface area contributed by atoms with Crippen molar-refractivity contribution in [1.29, 1.82) is 0 Å². The van der Waals surface area contributed by atoms with Gasteiger partial charge in [-0.25, -0.2) is 0 Å². The third-order valence-corrected chi connectivity index (χ3v) is 2.37. The van der Waals surface area contributed by atoms with Crippen LogP contribution < -0.4 is 5.32 Å². The normalized spacial score (nSPS) is 10.1. The van der Waals surface area contributed by atoms with Crippen molar-refractivity contribution in [3.63, 3.8) is 0 Å². The highest BCUT2D eigenvalue weighted by Gasteiger charge is 2.18. The second-order valence-corrected chi connectivity index (χ2v) is 3.88. The molecule has 0 aromatic carbocycles. The van der Waals surface area contributed by atoms with Crippen molar-refractivity contribution in [2.75, 3.05) is 6.54 Å². The van der Waals surface area contributed by atoms with Gasteiger partial charge in [-0.05, 0) is 27.8 Å². The van der Waals surface area contributed by atoms with Gasteiger partial charge < -0.3 is 15.4 Å². The summed E-state index contributed by atoms with van der Waals surface area (Å²) in [7, 11) is 0. The van der Waals surface area contributed by atoms with Gasteiger partial charge in [0, 0.05) is 13.0 Å². The molecule has 88 valence electrons. The number of aromatic nitrogens is 2. The Labute approximate surface area is 100 Å². The van der Waals surface area contributed by atoms with Crippen LogP contribution in [0, 0.1) is 10.1 Å². The minimum absolute atomic E-state index is 0.100.